The molecule has 0 N–H and O–H groups in total. The molecule has 1 heterocycles. The van der Waals surface area contributed by atoms with Crippen LogP contribution in [0.5, 0.6) is 0 Å². The highest BCUT2D eigenvalue weighted by Gasteiger charge is 2.38. The van der Waals surface area contributed by atoms with E-state index in [4.69, 9.17) is 4.74 Å². The number of nitrogens with zero attached hydrogens (tertiary/aromatic N) is 1. The summed E-state index contributed by atoms with van der Waals surface area (Å²) in [5.41, 5.74) is 1.95. The van der Waals surface area contributed by atoms with Gasteiger partial charge in [0.05, 0.1) is 18.4 Å². The molecule has 1 aromatic rings. The molecule has 0 aromatic heterocycles. The van der Waals surface area contributed by atoms with Crippen molar-refractivity contribution in [2.24, 2.45) is 5.92 Å². The van der Waals surface area contributed by atoms with Gasteiger partial charge in [-0.15, -0.1) is 0 Å². The monoisotopic (exact) mass is 315 g/mol. The van der Waals surface area contributed by atoms with Gasteiger partial charge in [0.2, 0.25) is 5.91 Å². The number of hydrogen-bond donors (Lipinski definition) is 0. The third kappa shape index (κ3) is 3.04. The van der Waals surface area contributed by atoms with Crippen LogP contribution < -0.4 is 4.90 Å². The minimum Gasteiger partial charge on any atom is -0.500 e. The van der Waals surface area contributed by atoms with Gasteiger partial charge >= 0.3 is 0 Å². The number of benzene rings is 1. The smallest absolute Gasteiger partial charge is 0.269 e. The van der Waals surface area contributed by atoms with Crippen molar-refractivity contribution in [1.29, 1.82) is 0 Å². The Morgan fingerprint density at radius 3 is 2.35 bits per heavy atom. The van der Waals surface area contributed by atoms with Crippen molar-refractivity contribution in [3.05, 3.63) is 35.1 Å². The van der Waals surface area contributed by atoms with Crippen molar-refractivity contribution in [2.45, 2.75) is 34.1 Å². The average Bonchev–Trinajstić information content (AvgIpc) is 2.75. The third-order valence-electron chi connectivity index (χ3n) is 3.76. The van der Waals surface area contributed by atoms with Crippen LogP contribution in [-0.4, -0.2) is 24.7 Å². The minimum absolute atomic E-state index is 0.0938. The second-order valence-corrected chi connectivity index (χ2v) is 6.05. The predicted molar refractivity (Wildman–Crippen MR) is 88.0 cm³/mol. The molecule has 1 aliphatic rings. The van der Waals surface area contributed by atoms with Crippen LogP contribution in [0.2, 0.25) is 0 Å². The van der Waals surface area contributed by atoms with E-state index in [0.717, 1.165) is 4.90 Å². The van der Waals surface area contributed by atoms with Gasteiger partial charge in [0.25, 0.3) is 5.91 Å². The lowest BCUT2D eigenvalue weighted by Crippen LogP contribution is -2.31. The summed E-state index contributed by atoms with van der Waals surface area (Å²) >= 11 is 0. The average molecular weight is 315 g/mol. The summed E-state index contributed by atoms with van der Waals surface area (Å²) in [4.78, 5) is 37.4. The molecule has 0 atom stereocenters. The van der Waals surface area contributed by atoms with E-state index in [-0.39, 0.29) is 17.6 Å². The molecular formula is C18H21NO4. The van der Waals surface area contributed by atoms with Gasteiger partial charge in [-0.05, 0) is 31.0 Å². The van der Waals surface area contributed by atoms with E-state index >= 15 is 0 Å². The van der Waals surface area contributed by atoms with E-state index in [9.17, 15) is 14.4 Å². The second-order valence-electron chi connectivity index (χ2n) is 6.05. The van der Waals surface area contributed by atoms with Gasteiger partial charge in [-0.1, -0.05) is 13.8 Å². The van der Waals surface area contributed by atoms with Crippen LogP contribution in [0.3, 0.4) is 0 Å². The highest BCUT2D eigenvalue weighted by molar-refractivity contribution is 6.40. The van der Waals surface area contributed by atoms with Crippen molar-refractivity contribution in [3.8, 4) is 0 Å². The fourth-order valence-corrected chi connectivity index (χ4v) is 2.73. The van der Waals surface area contributed by atoms with Crippen molar-refractivity contribution in [1.82, 2.24) is 0 Å². The number of methoxy groups -OCH3 is 1. The molecule has 0 bridgehead atoms. The summed E-state index contributed by atoms with van der Waals surface area (Å²) in [5, 5.41) is 0. The number of ether oxygens (including phenoxy) is 1. The van der Waals surface area contributed by atoms with Crippen molar-refractivity contribution < 1.29 is 19.1 Å². The molecule has 1 aliphatic heterocycles. The summed E-state index contributed by atoms with van der Waals surface area (Å²) in [5.74, 6) is -0.0250. The van der Waals surface area contributed by atoms with Crippen LogP contribution >= 0.6 is 0 Å². The Morgan fingerprint density at radius 2 is 1.87 bits per heavy atom. The molecule has 5 heteroatoms. The summed E-state index contributed by atoms with van der Waals surface area (Å²) in [6.07, 6.45) is 0.576. The Morgan fingerprint density at radius 1 is 1.22 bits per heavy atom. The van der Waals surface area contributed by atoms with Crippen molar-refractivity contribution in [3.63, 3.8) is 0 Å². The lowest BCUT2D eigenvalue weighted by Gasteiger charge is -2.13. The zero-order chi connectivity index (χ0) is 17.3. The number of Topliss-reactive ketones (excluding diaryl/α,β-unsaturated/α-hetero) is 1. The maximum atomic E-state index is 12.7. The predicted octanol–water partition coefficient (Wildman–Crippen LogP) is 3.19. The molecule has 0 aliphatic carbocycles. The first-order chi connectivity index (χ1) is 10.8. The van der Waals surface area contributed by atoms with Crippen LogP contribution in [-0.2, 0) is 14.3 Å². The number of ketones is 1. The van der Waals surface area contributed by atoms with Gasteiger partial charge in [0.15, 0.2) is 5.78 Å². The second kappa shape index (κ2) is 6.36. The number of carbonyl (C=O) groups excluding carboxylic acids is 3. The van der Waals surface area contributed by atoms with Gasteiger partial charge < -0.3 is 4.74 Å². The molecule has 0 spiro atoms. The number of imide groups is 1. The Balaban J connectivity index is 2.73. The molecule has 0 fully saturated rings. The lowest BCUT2D eigenvalue weighted by atomic mass is 9.98. The van der Waals surface area contributed by atoms with Crippen LogP contribution in [0.4, 0.5) is 5.69 Å². The fourth-order valence-electron chi connectivity index (χ4n) is 2.73. The SMILES string of the molecule is CO/C(CC(C)C)=C1\C(=O)N(C(C)=O)c2ccc(C(C)=O)cc21. The molecule has 0 radical (unpaired) electrons. The van der Waals surface area contributed by atoms with E-state index in [1.807, 2.05) is 13.8 Å². The Bertz CT molecular complexity index is 716. The van der Waals surface area contributed by atoms with Crippen LogP contribution in [0.15, 0.2) is 24.0 Å². The number of rotatable bonds is 4. The molecular weight excluding hydrogens is 294 g/mol. The van der Waals surface area contributed by atoms with E-state index in [1.54, 1.807) is 18.2 Å². The molecule has 0 saturated heterocycles. The molecule has 0 saturated carbocycles. The number of fused-ring (bicyclic) bond motifs is 1. The van der Waals surface area contributed by atoms with E-state index in [2.05, 4.69) is 0 Å². The first-order valence-electron chi connectivity index (χ1n) is 7.55. The van der Waals surface area contributed by atoms with Gasteiger partial charge in [-0.3, -0.25) is 14.4 Å². The quantitative estimate of drug-likeness (QED) is 0.486. The zero-order valence-electron chi connectivity index (χ0n) is 14.1. The molecule has 23 heavy (non-hydrogen) atoms. The Kier molecular flexibility index (Phi) is 4.68. The fraction of sp³-hybridized carbons (Fsp3) is 0.389. The third-order valence-corrected chi connectivity index (χ3v) is 3.76. The first-order valence-corrected chi connectivity index (χ1v) is 7.55. The van der Waals surface area contributed by atoms with Crippen LogP contribution in [0.25, 0.3) is 5.57 Å². The van der Waals surface area contributed by atoms with E-state index in [0.29, 0.717) is 34.6 Å². The molecule has 1 aromatic carbocycles. The van der Waals surface area contributed by atoms with Gasteiger partial charge in [-0.25, -0.2) is 4.90 Å². The summed E-state index contributed by atoms with van der Waals surface area (Å²) in [6.45, 7) is 6.86. The van der Waals surface area contributed by atoms with Crippen molar-refractivity contribution >= 4 is 28.9 Å². The number of carbonyl (C=O) groups is 3. The van der Waals surface area contributed by atoms with E-state index < -0.39 is 5.91 Å². The topological polar surface area (TPSA) is 63.7 Å². The first kappa shape index (κ1) is 16.9. The number of anilines is 1. The lowest BCUT2D eigenvalue weighted by molar-refractivity contribution is -0.122. The molecule has 122 valence electrons. The Labute approximate surface area is 135 Å². The maximum Gasteiger partial charge on any atom is 0.269 e. The van der Waals surface area contributed by atoms with E-state index in [1.165, 1.54) is 21.0 Å². The van der Waals surface area contributed by atoms with Crippen molar-refractivity contribution in [2.75, 3.05) is 12.0 Å². The van der Waals surface area contributed by atoms with Gasteiger partial charge in [0.1, 0.15) is 5.76 Å². The normalized spacial score (nSPS) is 15.7. The number of hydrogen-bond acceptors (Lipinski definition) is 4. The van der Waals surface area contributed by atoms with Crippen LogP contribution in [0, 0.1) is 5.92 Å². The molecule has 5 nitrogen and oxygen atoms in total. The maximum absolute atomic E-state index is 12.7. The number of allylic oxidation sites excluding steroid dienone is 1. The highest BCUT2D eigenvalue weighted by Crippen LogP contribution is 2.40. The number of amides is 2. The summed E-state index contributed by atoms with van der Waals surface area (Å²) in [7, 11) is 1.52. The van der Waals surface area contributed by atoms with Gasteiger partial charge in [-0.2, -0.15) is 0 Å². The Hall–Kier alpha value is -2.43. The van der Waals surface area contributed by atoms with Crippen LogP contribution in [0.1, 0.15) is 50.0 Å². The summed E-state index contributed by atoms with van der Waals surface area (Å²) in [6, 6.07) is 4.93. The zero-order valence-corrected chi connectivity index (χ0v) is 14.1. The summed E-state index contributed by atoms with van der Waals surface area (Å²) < 4.78 is 5.44. The molecule has 2 rings (SSSR count). The minimum atomic E-state index is -0.397. The van der Waals surface area contributed by atoms with Gasteiger partial charge in [0, 0.05) is 24.5 Å². The standard InChI is InChI=1S/C18H21NO4/c1-10(2)8-16(23-5)17-14-9-13(11(3)20)6-7-15(14)19(12(4)21)18(17)22/h6-7,9-10H,8H2,1-5H3/b17-16-. The molecule has 0 unspecified atom stereocenters. The highest BCUT2D eigenvalue weighted by atomic mass is 16.5. The molecule has 2 amide bonds. The largest absolute Gasteiger partial charge is 0.500 e.